The Bertz CT molecular complexity index is 1100. The molecule has 0 amide bonds. The second-order valence-corrected chi connectivity index (χ2v) is 23.8. The molecule has 7 heteroatoms. The fraction of sp³-hybridized carbons (Fsp3) is 0.600. The number of aliphatic hydroxyl groups is 1. The van der Waals surface area contributed by atoms with Crippen molar-refractivity contribution in [2.24, 2.45) is 0 Å². The van der Waals surface area contributed by atoms with E-state index in [1.807, 2.05) is 13.8 Å². The van der Waals surface area contributed by atoms with E-state index in [2.05, 4.69) is 134 Å². The Balaban J connectivity index is 1.93. The summed E-state index contributed by atoms with van der Waals surface area (Å²) in [6.07, 6.45) is 4.75. The average molecular weight is 613 g/mol. The van der Waals surface area contributed by atoms with Crippen LogP contribution in [0.1, 0.15) is 75.2 Å². The Hall–Kier alpha value is -1.59. The molecular weight excluding hydrogens is 557 g/mol. The molecular formula is C35H56O5Si2. The van der Waals surface area contributed by atoms with Gasteiger partial charge in [-0.3, -0.25) is 0 Å². The van der Waals surface area contributed by atoms with Crippen molar-refractivity contribution in [3.63, 3.8) is 0 Å². The van der Waals surface area contributed by atoms with E-state index in [9.17, 15) is 5.11 Å². The van der Waals surface area contributed by atoms with Crippen LogP contribution in [0.2, 0.25) is 23.2 Å². The first-order valence-corrected chi connectivity index (χ1v) is 20.3. The Morgan fingerprint density at radius 2 is 1.38 bits per heavy atom. The average Bonchev–Trinajstić information content (AvgIpc) is 3.20. The number of benzene rings is 2. The highest BCUT2D eigenvalue weighted by Gasteiger charge is 2.51. The summed E-state index contributed by atoms with van der Waals surface area (Å²) < 4.78 is 26.9. The summed E-state index contributed by atoms with van der Waals surface area (Å²) in [5.41, 5.74) is 0. The Kier molecular flexibility index (Phi) is 11.3. The lowest BCUT2D eigenvalue weighted by Crippen LogP contribution is -2.67. The first-order chi connectivity index (χ1) is 19.4. The zero-order chi connectivity index (χ0) is 31.4. The summed E-state index contributed by atoms with van der Waals surface area (Å²) in [4.78, 5) is 0. The SMILES string of the molecule is C[C@@H](C/C=C\C(O[Si](C)(C)C(C)(C)C)[C@H]1OC(C)(C)O[C@H]1CCO)O[Si](c1ccccc1)(c1ccccc1)C(C)(C)C. The molecule has 1 aliphatic rings. The minimum Gasteiger partial charge on any atom is -0.408 e. The van der Waals surface area contributed by atoms with E-state index in [-0.39, 0.29) is 41.1 Å². The van der Waals surface area contributed by atoms with Gasteiger partial charge in [0.15, 0.2) is 14.1 Å². The van der Waals surface area contributed by atoms with Crippen LogP contribution >= 0.6 is 0 Å². The van der Waals surface area contributed by atoms with E-state index in [0.29, 0.717) is 6.42 Å². The molecule has 2 aromatic rings. The van der Waals surface area contributed by atoms with Gasteiger partial charge in [-0.2, -0.15) is 0 Å². The van der Waals surface area contributed by atoms with E-state index in [1.165, 1.54) is 10.4 Å². The molecule has 0 spiro atoms. The van der Waals surface area contributed by atoms with Crippen LogP contribution in [0.15, 0.2) is 72.8 Å². The van der Waals surface area contributed by atoms with Gasteiger partial charge in [-0.15, -0.1) is 0 Å². The number of hydrogen-bond acceptors (Lipinski definition) is 5. The number of aliphatic hydroxyl groups excluding tert-OH is 1. The van der Waals surface area contributed by atoms with Crippen LogP contribution in [0.25, 0.3) is 0 Å². The molecule has 1 heterocycles. The Morgan fingerprint density at radius 1 is 0.857 bits per heavy atom. The van der Waals surface area contributed by atoms with Crippen molar-refractivity contribution in [2.45, 2.75) is 129 Å². The van der Waals surface area contributed by atoms with Crippen molar-refractivity contribution in [3.05, 3.63) is 72.8 Å². The van der Waals surface area contributed by atoms with Crippen LogP contribution in [0, 0.1) is 0 Å². The highest BCUT2D eigenvalue weighted by atomic mass is 28.4. The van der Waals surface area contributed by atoms with Crippen LogP contribution in [0.3, 0.4) is 0 Å². The second kappa shape index (κ2) is 13.6. The number of ether oxygens (including phenoxy) is 2. The minimum absolute atomic E-state index is 0.0218. The summed E-state index contributed by atoms with van der Waals surface area (Å²) >= 11 is 0. The quantitative estimate of drug-likeness (QED) is 0.203. The largest absolute Gasteiger partial charge is 0.408 e. The van der Waals surface area contributed by atoms with Crippen molar-refractivity contribution >= 4 is 27.0 Å². The molecule has 1 unspecified atom stereocenters. The first-order valence-electron chi connectivity index (χ1n) is 15.5. The van der Waals surface area contributed by atoms with Crippen LogP contribution in [-0.4, -0.2) is 58.6 Å². The monoisotopic (exact) mass is 612 g/mol. The minimum atomic E-state index is -2.65. The molecule has 42 heavy (non-hydrogen) atoms. The maximum atomic E-state index is 9.77. The van der Waals surface area contributed by atoms with E-state index in [1.54, 1.807) is 0 Å². The van der Waals surface area contributed by atoms with Gasteiger partial charge in [-0.05, 0) is 67.2 Å². The fourth-order valence-electron chi connectivity index (χ4n) is 5.67. The Labute approximate surface area is 257 Å². The van der Waals surface area contributed by atoms with Gasteiger partial charge >= 0.3 is 0 Å². The molecule has 2 aromatic carbocycles. The normalized spacial score (nSPS) is 21.5. The van der Waals surface area contributed by atoms with E-state index < -0.39 is 22.4 Å². The molecule has 1 fully saturated rings. The van der Waals surface area contributed by atoms with Crippen molar-refractivity contribution in [1.29, 1.82) is 0 Å². The van der Waals surface area contributed by atoms with E-state index >= 15 is 0 Å². The summed E-state index contributed by atoms with van der Waals surface area (Å²) in [5, 5.41) is 12.3. The van der Waals surface area contributed by atoms with Crippen LogP contribution < -0.4 is 10.4 Å². The molecule has 1 N–H and O–H groups in total. The third-order valence-electron chi connectivity index (χ3n) is 8.78. The van der Waals surface area contributed by atoms with E-state index in [0.717, 1.165) is 6.42 Å². The highest BCUT2D eigenvalue weighted by molar-refractivity contribution is 6.99. The smallest absolute Gasteiger partial charge is 0.261 e. The van der Waals surface area contributed by atoms with Gasteiger partial charge in [0.1, 0.15) is 6.10 Å². The van der Waals surface area contributed by atoms with Gasteiger partial charge in [0.2, 0.25) is 0 Å². The van der Waals surface area contributed by atoms with Crippen molar-refractivity contribution in [3.8, 4) is 0 Å². The van der Waals surface area contributed by atoms with Gasteiger partial charge in [-0.1, -0.05) is 114 Å². The molecule has 234 valence electrons. The van der Waals surface area contributed by atoms with Gasteiger partial charge in [0.05, 0.1) is 12.2 Å². The number of hydrogen-bond donors (Lipinski definition) is 1. The molecule has 1 saturated heterocycles. The van der Waals surface area contributed by atoms with Gasteiger partial charge < -0.3 is 23.4 Å². The lowest BCUT2D eigenvalue weighted by Gasteiger charge is -2.44. The Morgan fingerprint density at radius 3 is 1.83 bits per heavy atom. The maximum absolute atomic E-state index is 9.77. The van der Waals surface area contributed by atoms with Crippen LogP contribution in [0.5, 0.6) is 0 Å². The second-order valence-electron chi connectivity index (χ2n) is 14.7. The van der Waals surface area contributed by atoms with Gasteiger partial charge in [-0.25, -0.2) is 0 Å². The summed E-state index contributed by atoms with van der Waals surface area (Å²) in [6.45, 7) is 24.3. The van der Waals surface area contributed by atoms with Crippen molar-refractivity contribution in [1.82, 2.24) is 0 Å². The zero-order valence-corrected chi connectivity index (χ0v) is 29.9. The highest BCUT2D eigenvalue weighted by Crippen LogP contribution is 2.41. The maximum Gasteiger partial charge on any atom is 0.261 e. The molecule has 1 aliphatic heterocycles. The van der Waals surface area contributed by atoms with Crippen molar-refractivity contribution in [2.75, 3.05) is 6.61 Å². The molecule has 0 saturated carbocycles. The molecule has 0 aliphatic carbocycles. The van der Waals surface area contributed by atoms with Crippen LogP contribution in [-0.2, 0) is 18.3 Å². The summed E-state index contributed by atoms with van der Waals surface area (Å²) in [7, 11) is -4.79. The van der Waals surface area contributed by atoms with Crippen molar-refractivity contribution < 1.29 is 23.4 Å². The molecule has 0 bridgehead atoms. The lowest BCUT2D eigenvalue weighted by molar-refractivity contribution is -0.152. The predicted octanol–water partition coefficient (Wildman–Crippen LogP) is 7.19. The predicted molar refractivity (Wildman–Crippen MR) is 180 cm³/mol. The molecule has 4 atom stereocenters. The zero-order valence-electron chi connectivity index (χ0n) is 27.9. The van der Waals surface area contributed by atoms with E-state index in [4.69, 9.17) is 18.3 Å². The topological polar surface area (TPSA) is 57.2 Å². The lowest BCUT2D eigenvalue weighted by atomic mass is 10.0. The van der Waals surface area contributed by atoms with Gasteiger partial charge in [0.25, 0.3) is 8.32 Å². The third-order valence-corrected chi connectivity index (χ3v) is 18.4. The van der Waals surface area contributed by atoms with Gasteiger partial charge in [0, 0.05) is 12.7 Å². The fourth-order valence-corrected chi connectivity index (χ4v) is 11.6. The summed E-state index contributed by atoms with van der Waals surface area (Å²) in [5.74, 6) is -0.729. The van der Waals surface area contributed by atoms with Crippen LogP contribution in [0.4, 0.5) is 0 Å². The standard InChI is InChI=1S/C35H56O5Si2/c1-27(39-42(34(5,6)7,28-20-14-12-15-21-28)29-22-16-13-17-23-29)19-18-24-31(40-41(10,11)33(2,3)4)32-30(25-26-36)37-35(8,9)38-32/h12-18,20-24,27,30-32,36H,19,25-26H2,1-11H3/b24-18-/t27-,30-,31?,32-/m0/s1. The molecule has 0 aromatic heterocycles. The third kappa shape index (κ3) is 8.11. The molecule has 3 rings (SSSR count). The first kappa shape index (κ1) is 34.9. The molecule has 0 radical (unpaired) electrons. The summed E-state index contributed by atoms with van der Waals surface area (Å²) in [6, 6.07) is 21.6. The number of rotatable bonds is 12. The molecule has 5 nitrogen and oxygen atoms in total.